The Kier molecular flexibility index (Phi) is 7.96. The Morgan fingerprint density at radius 1 is 0.673 bits per heavy atom. The summed E-state index contributed by atoms with van der Waals surface area (Å²) in [5, 5.41) is 6.05. The number of para-hydroxylation sites is 3. The summed E-state index contributed by atoms with van der Waals surface area (Å²) in [4.78, 5) is 4.74. The van der Waals surface area contributed by atoms with Crippen molar-refractivity contribution in [3.05, 3.63) is 199 Å². The van der Waals surface area contributed by atoms with Crippen LogP contribution in [0.5, 0.6) is 5.75 Å². The molecule has 2 heterocycles. The molecule has 0 saturated carbocycles. The van der Waals surface area contributed by atoms with E-state index in [4.69, 9.17) is 4.74 Å². The van der Waals surface area contributed by atoms with Gasteiger partial charge in [-0.05, 0) is 102 Å². The molecule has 0 fully saturated rings. The summed E-state index contributed by atoms with van der Waals surface area (Å²) in [6, 6.07) is 54.5. The van der Waals surface area contributed by atoms with Gasteiger partial charge in [0.1, 0.15) is 5.76 Å². The Morgan fingerprint density at radius 2 is 1.44 bits per heavy atom. The number of nitrogens with zero attached hydrogens (tertiary/aromatic N) is 3. The lowest BCUT2D eigenvalue weighted by Crippen LogP contribution is -2.25. The van der Waals surface area contributed by atoms with Gasteiger partial charge in [0.15, 0.2) is 5.75 Å². The molecule has 1 aliphatic carbocycles. The van der Waals surface area contributed by atoms with Gasteiger partial charge >= 0.3 is 0 Å². The number of hydrogen-bond acceptors (Lipinski definition) is 3. The van der Waals surface area contributed by atoms with Crippen molar-refractivity contribution in [3.8, 4) is 11.4 Å². The first-order valence-electron chi connectivity index (χ1n) is 19.0. The van der Waals surface area contributed by atoms with Crippen LogP contribution in [-0.4, -0.2) is 4.57 Å². The van der Waals surface area contributed by atoms with Crippen LogP contribution in [0, 0.1) is 0 Å². The van der Waals surface area contributed by atoms with E-state index in [-0.39, 0.29) is 0 Å². The molecule has 1 aliphatic heterocycles. The van der Waals surface area contributed by atoms with Crippen LogP contribution in [-0.2, 0) is 0 Å². The Labute approximate surface area is 321 Å². The maximum Gasteiger partial charge on any atom is 0.151 e. The Morgan fingerprint density at radius 3 is 2.29 bits per heavy atom. The summed E-state index contributed by atoms with van der Waals surface area (Å²) in [7, 11) is 0. The van der Waals surface area contributed by atoms with E-state index in [1.165, 1.54) is 21.5 Å². The minimum Gasteiger partial charge on any atom is -0.457 e. The van der Waals surface area contributed by atoms with Crippen LogP contribution in [0.1, 0.15) is 31.0 Å². The number of hydrogen-bond donors (Lipinski definition) is 0. The predicted octanol–water partition coefficient (Wildman–Crippen LogP) is 14.2. The molecule has 1 aromatic heterocycles. The zero-order valence-electron chi connectivity index (χ0n) is 30.7. The van der Waals surface area contributed by atoms with Gasteiger partial charge in [0.25, 0.3) is 0 Å². The smallest absolute Gasteiger partial charge is 0.151 e. The summed E-state index contributed by atoms with van der Waals surface area (Å²) in [5.41, 5.74) is 10.8. The van der Waals surface area contributed by atoms with Gasteiger partial charge < -0.3 is 19.1 Å². The van der Waals surface area contributed by atoms with Crippen molar-refractivity contribution < 1.29 is 4.74 Å². The van der Waals surface area contributed by atoms with Gasteiger partial charge in [-0.2, -0.15) is 0 Å². The summed E-state index contributed by atoms with van der Waals surface area (Å²) >= 11 is 0. The average molecular weight is 710 g/mol. The Hall–Kier alpha value is -7.04. The minimum atomic E-state index is 0.874. The van der Waals surface area contributed by atoms with Gasteiger partial charge in [-0.15, -0.1) is 0 Å². The molecular formula is C51H39N3O. The average Bonchev–Trinajstić information content (AvgIpc) is 3.55. The zero-order valence-corrected chi connectivity index (χ0v) is 30.7. The van der Waals surface area contributed by atoms with Crippen molar-refractivity contribution in [3.63, 3.8) is 0 Å². The van der Waals surface area contributed by atoms with Crippen molar-refractivity contribution >= 4 is 73.0 Å². The van der Waals surface area contributed by atoms with E-state index < -0.39 is 0 Å². The largest absolute Gasteiger partial charge is 0.457 e. The van der Waals surface area contributed by atoms with Crippen molar-refractivity contribution in [1.29, 1.82) is 0 Å². The Bertz CT molecular complexity index is 2890. The Balaban J connectivity index is 1.21. The highest BCUT2D eigenvalue weighted by atomic mass is 16.5. The number of allylic oxidation sites excluding steroid dienone is 4. The van der Waals surface area contributed by atoms with E-state index in [1.54, 1.807) is 0 Å². The quantitative estimate of drug-likeness (QED) is 0.154. The standard InChI is InChI=1S/C51H39N3O/c1-3-17-42-44-31-30-39(52(36-19-6-5-7-20-36)48-32-35-18-8-9-23-40(35)41-24-10-11-25-43(41)48)34-49(44)53(45(42)4-2)37-21-16-22-38(33-37)54-46-26-12-14-28-50(46)55-51-29-15-13-27-47(51)54/h3-14,16-28,30-34H,2,15,29H2,1H3/b17-3-. The normalized spacial score (nSPS) is 13.7. The van der Waals surface area contributed by atoms with Crippen LogP contribution < -0.4 is 14.5 Å². The highest BCUT2D eigenvalue weighted by molar-refractivity contribution is 6.14. The fourth-order valence-corrected chi connectivity index (χ4v) is 8.48. The van der Waals surface area contributed by atoms with Crippen molar-refractivity contribution in [1.82, 2.24) is 4.57 Å². The van der Waals surface area contributed by atoms with Gasteiger partial charge in [-0.25, -0.2) is 0 Å². The van der Waals surface area contributed by atoms with E-state index in [1.807, 2.05) is 12.1 Å². The molecule has 264 valence electrons. The van der Waals surface area contributed by atoms with Crippen LogP contribution in [0.15, 0.2) is 188 Å². The maximum atomic E-state index is 6.44. The fourth-order valence-electron chi connectivity index (χ4n) is 8.48. The van der Waals surface area contributed by atoms with Gasteiger partial charge in [0.2, 0.25) is 0 Å². The highest BCUT2D eigenvalue weighted by Crippen LogP contribution is 2.47. The van der Waals surface area contributed by atoms with Crippen molar-refractivity contribution in [2.75, 3.05) is 9.80 Å². The molecular weight excluding hydrogens is 671 g/mol. The summed E-state index contributed by atoms with van der Waals surface area (Å²) in [5.74, 6) is 1.88. The number of aromatic nitrogens is 1. The summed E-state index contributed by atoms with van der Waals surface area (Å²) in [6.45, 7) is 6.43. The third-order valence-corrected chi connectivity index (χ3v) is 10.8. The molecule has 0 spiro atoms. The first-order chi connectivity index (χ1) is 27.2. The van der Waals surface area contributed by atoms with E-state index in [9.17, 15) is 0 Å². The minimum absolute atomic E-state index is 0.874. The van der Waals surface area contributed by atoms with E-state index in [0.717, 1.165) is 86.3 Å². The molecule has 8 aromatic rings. The third kappa shape index (κ3) is 5.37. The third-order valence-electron chi connectivity index (χ3n) is 10.8. The molecule has 10 rings (SSSR count). The lowest BCUT2D eigenvalue weighted by molar-refractivity contribution is 0.388. The van der Waals surface area contributed by atoms with Crippen LogP contribution in [0.25, 0.3) is 50.3 Å². The molecule has 4 heteroatoms. The number of ether oxygens (including phenoxy) is 1. The van der Waals surface area contributed by atoms with Gasteiger partial charge in [0, 0.05) is 45.5 Å². The first kappa shape index (κ1) is 32.6. The number of rotatable bonds is 7. The molecule has 55 heavy (non-hydrogen) atoms. The van der Waals surface area contributed by atoms with Gasteiger partial charge in [0.05, 0.1) is 28.3 Å². The molecule has 0 atom stereocenters. The van der Waals surface area contributed by atoms with Crippen LogP contribution in [0.4, 0.5) is 28.4 Å². The second kappa shape index (κ2) is 13.4. The molecule has 0 saturated heterocycles. The number of benzene rings is 7. The topological polar surface area (TPSA) is 20.6 Å². The molecule has 0 radical (unpaired) electrons. The van der Waals surface area contributed by atoms with E-state index >= 15 is 0 Å². The maximum absolute atomic E-state index is 6.44. The number of anilines is 5. The molecule has 0 unspecified atom stereocenters. The van der Waals surface area contributed by atoms with Crippen molar-refractivity contribution in [2.24, 2.45) is 0 Å². The highest BCUT2D eigenvalue weighted by Gasteiger charge is 2.28. The lowest BCUT2D eigenvalue weighted by Gasteiger charge is -2.35. The van der Waals surface area contributed by atoms with Gasteiger partial charge in [-0.1, -0.05) is 116 Å². The molecule has 4 nitrogen and oxygen atoms in total. The molecule has 2 aliphatic rings. The molecule has 7 aromatic carbocycles. The zero-order chi connectivity index (χ0) is 36.9. The second-order valence-electron chi connectivity index (χ2n) is 14.0. The fraction of sp³-hybridized carbons (Fsp3) is 0.0588. The van der Waals surface area contributed by atoms with Crippen LogP contribution >= 0.6 is 0 Å². The first-order valence-corrected chi connectivity index (χ1v) is 19.0. The SMILES string of the molecule is C=Cc1c(/C=C\C)c2ccc(N(c3ccccc3)c3cc4ccccc4c4ccccc34)cc2n1-c1cccc(N2C3=C(CCC=C3)Oc3ccccc32)c1. The lowest BCUT2D eigenvalue weighted by atomic mass is 9.99. The monoisotopic (exact) mass is 709 g/mol. The molecule has 0 amide bonds. The van der Waals surface area contributed by atoms with Gasteiger partial charge in [-0.3, -0.25) is 0 Å². The van der Waals surface area contributed by atoms with Crippen LogP contribution in [0.2, 0.25) is 0 Å². The predicted molar refractivity (Wildman–Crippen MR) is 232 cm³/mol. The summed E-state index contributed by atoms with van der Waals surface area (Å²) < 4.78 is 8.81. The van der Waals surface area contributed by atoms with Crippen molar-refractivity contribution in [2.45, 2.75) is 19.8 Å². The molecule has 0 bridgehead atoms. The van der Waals surface area contributed by atoms with E-state index in [2.05, 4.69) is 198 Å². The number of fused-ring (bicyclic) bond motifs is 5. The van der Waals surface area contributed by atoms with E-state index in [0.29, 0.717) is 0 Å². The summed E-state index contributed by atoms with van der Waals surface area (Å²) in [6.07, 6.45) is 12.6. The molecule has 0 N–H and O–H groups in total. The van der Waals surface area contributed by atoms with Crippen LogP contribution in [0.3, 0.4) is 0 Å². The second-order valence-corrected chi connectivity index (χ2v) is 14.0.